The second-order valence-corrected chi connectivity index (χ2v) is 26.8. The molecule has 0 heterocycles. The molecule has 11 heteroatoms. The van der Waals surface area contributed by atoms with Crippen LogP contribution in [0.4, 0.5) is 0 Å². The van der Waals surface area contributed by atoms with Gasteiger partial charge in [0, 0.05) is 11.5 Å². The Bertz CT molecular complexity index is 1090. The van der Waals surface area contributed by atoms with Gasteiger partial charge >= 0.3 is 19.5 Å². The van der Waals surface area contributed by atoms with Gasteiger partial charge in [-0.3, -0.25) is 0 Å². The normalized spacial score (nSPS) is 13.2. The summed E-state index contributed by atoms with van der Waals surface area (Å²) in [7, 11) is 0. The van der Waals surface area contributed by atoms with Crippen molar-refractivity contribution in [3.8, 4) is 11.5 Å². The minimum atomic E-state index is -3.00. The fourth-order valence-electron chi connectivity index (χ4n) is 6.22. The van der Waals surface area contributed by atoms with Crippen molar-refractivity contribution >= 4 is 57.8 Å². The molecule has 2 rings (SSSR count). The van der Waals surface area contributed by atoms with Gasteiger partial charge in [0.2, 0.25) is 0 Å². The van der Waals surface area contributed by atoms with E-state index in [2.05, 4.69) is 13.8 Å². The van der Waals surface area contributed by atoms with Crippen molar-refractivity contribution in [2.45, 2.75) is 194 Å². The minimum Gasteiger partial charge on any atom is -0.784 e. The van der Waals surface area contributed by atoms with E-state index in [9.17, 15) is 9.79 Å². The van der Waals surface area contributed by atoms with Crippen molar-refractivity contribution in [3.05, 3.63) is 60.7 Å². The third-order valence-electron chi connectivity index (χ3n) is 9.42. The molecule has 4 nitrogen and oxygen atoms in total. The van der Waals surface area contributed by atoms with Crippen molar-refractivity contribution in [2.24, 2.45) is 0 Å². The first-order valence-corrected chi connectivity index (χ1v) is 30.1. The molecule has 0 N–H and O–H groups in total. The summed E-state index contributed by atoms with van der Waals surface area (Å²) in [5.74, 6) is 2.85. The molecule has 0 saturated carbocycles. The fraction of sp³-hybridized carbons (Fsp3) is 0.727. The molecular formula is C44H76O4P2S4Zn. The standard InChI is InChI=1S/2C22H39O2PS2.Zn/c2*1-2-3-4-5-6-7-8-9-10-11-12-13-14-18-21-27-25(23,26)24-22-19-16-15-17-20-22;/h2*15-17,19-20H,2-14,18,21H2,1H3,(H,23,26);/q;;+2/p-2. The van der Waals surface area contributed by atoms with Crippen molar-refractivity contribution in [3.63, 3.8) is 0 Å². The molecular weight excluding hydrogens is 848 g/mol. The van der Waals surface area contributed by atoms with Gasteiger partial charge in [-0.05, 0) is 37.1 Å². The number of benzene rings is 2. The zero-order chi connectivity index (χ0) is 39.3. The van der Waals surface area contributed by atoms with Crippen LogP contribution in [0.15, 0.2) is 60.7 Å². The van der Waals surface area contributed by atoms with Crippen molar-refractivity contribution in [1.29, 1.82) is 0 Å². The average molecular weight is 925 g/mol. The van der Waals surface area contributed by atoms with Crippen LogP contribution in [0.2, 0.25) is 0 Å². The molecule has 2 atom stereocenters. The molecule has 0 aromatic heterocycles. The molecule has 2 unspecified atom stereocenters. The predicted molar refractivity (Wildman–Crippen MR) is 248 cm³/mol. The van der Waals surface area contributed by atoms with Crippen LogP contribution < -0.4 is 18.8 Å². The molecule has 0 bridgehead atoms. The van der Waals surface area contributed by atoms with Gasteiger partial charge in [-0.15, -0.1) is 22.8 Å². The van der Waals surface area contributed by atoms with E-state index in [1.165, 1.54) is 190 Å². The van der Waals surface area contributed by atoms with E-state index in [0.717, 1.165) is 24.3 Å². The molecule has 2 aromatic rings. The molecule has 0 amide bonds. The van der Waals surface area contributed by atoms with Gasteiger partial charge < -0.3 is 18.8 Å². The zero-order valence-corrected chi connectivity index (χ0v) is 42.9. The molecule has 0 spiro atoms. The SMILES string of the molecule is CCCCCCCCCCCCCCCCSP([O-])(=S)Oc1ccccc1.CCCCCCCCCCCCCCCCSP([O-])(=S)Oc1ccccc1.[Zn+2]. The Kier molecular flexibility index (Phi) is 40.4. The molecule has 0 radical (unpaired) electrons. The van der Waals surface area contributed by atoms with E-state index in [-0.39, 0.29) is 19.5 Å². The molecule has 0 aliphatic carbocycles. The van der Waals surface area contributed by atoms with E-state index in [0.29, 0.717) is 11.5 Å². The molecule has 0 aliphatic heterocycles. The van der Waals surface area contributed by atoms with Crippen LogP contribution in [0, 0.1) is 0 Å². The van der Waals surface area contributed by atoms with Gasteiger partial charge in [0.15, 0.2) is 0 Å². The van der Waals surface area contributed by atoms with E-state index in [4.69, 9.17) is 32.7 Å². The van der Waals surface area contributed by atoms with Crippen LogP contribution in [0.3, 0.4) is 0 Å². The largest absolute Gasteiger partial charge is 2.00 e. The maximum absolute atomic E-state index is 12.3. The average Bonchev–Trinajstić information content (AvgIpc) is 3.15. The first kappa shape index (κ1) is 55.6. The summed E-state index contributed by atoms with van der Waals surface area (Å²) in [6.07, 6.45) is 37.8. The maximum atomic E-state index is 12.3. The quantitative estimate of drug-likeness (QED) is 0.0380. The Morgan fingerprint density at radius 2 is 0.618 bits per heavy atom. The first-order valence-electron chi connectivity index (χ1n) is 21.7. The Morgan fingerprint density at radius 1 is 0.400 bits per heavy atom. The molecule has 2 aromatic carbocycles. The molecule has 0 saturated heterocycles. The van der Waals surface area contributed by atoms with Crippen molar-refractivity contribution < 1.29 is 38.3 Å². The maximum Gasteiger partial charge on any atom is 2.00 e. The zero-order valence-electron chi connectivity index (χ0n) is 34.9. The Labute approximate surface area is 370 Å². The van der Waals surface area contributed by atoms with Gasteiger partial charge in [0.1, 0.15) is 11.5 Å². The van der Waals surface area contributed by atoms with Gasteiger partial charge in [0.25, 0.3) is 0 Å². The molecule has 0 aliphatic rings. The number of rotatable bonds is 36. The predicted octanol–water partition coefficient (Wildman–Crippen LogP) is 15.7. The van der Waals surface area contributed by atoms with Gasteiger partial charge in [0.05, 0.1) is 11.4 Å². The smallest absolute Gasteiger partial charge is 0.784 e. The van der Waals surface area contributed by atoms with Crippen LogP contribution in [-0.4, -0.2) is 11.5 Å². The molecule has 0 fully saturated rings. The summed E-state index contributed by atoms with van der Waals surface area (Å²) in [4.78, 5) is 24.5. The summed E-state index contributed by atoms with van der Waals surface area (Å²) in [6, 6.07) is 18.5. The molecule has 55 heavy (non-hydrogen) atoms. The van der Waals surface area contributed by atoms with Crippen molar-refractivity contribution in [2.75, 3.05) is 11.5 Å². The van der Waals surface area contributed by atoms with Crippen LogP contribution in [-0.2, 0) is 43.1 Å². The molecule has 312 valence electrons. The number of unbranched alkanes of at least 4 members (excludes halogenated alkanes) is 26. The monoisotopic (exact) mass is 922 g/mol. The van der Waals surface area contributed by atoms with E-state index < -0.39 is 11.4 Å². The Morgan fingerprint density at radius 3 is 0.855 bits per heavy atom. The van der Waals surface area contributed by atoms with E-state index in [1.807, 2.05) is 36.4 Å². The summed E-state index contributed by atoms with van der Waals surface area (Å²) in [5.41, 5.74) is -6.00. The van der Waals surface area contributed by atoms with Gasteiger partial charge in [-0.1, -0.05) is 241 Å². The Hall–Kier alpha value is 0.583. The minimum absolute atomic E-state index is 0. The summed E-state index contributed by atoms with van der Waals surface area (Å²) >= 11 is 12.9. The third-order valence-corrected chi connectivity index (χ3v) is 17.6. The summed E-state index contributed by atoms with van der Waals surface area (Å²) < 4.78 is 10.9. The summed E-state index contributed by atoms with van der Waals surface area (Å²) in [6.45, 7) is 4.55. The second-order valence-electron chi connectivity index (χ2n) is 14.6. The second kappa shape index (κ2) is 40.0. The van der Waals surface area contributed by atoms with E-state index in [1.54, 1.807) is 24.3 Å². The van der Waals surface area contributed by atoms with Crippen molar-refractivity contribution in [1.82, 2.24) is 0 Å². The van der Waals surface area contributed by atoms with Crippen LogP contribution in [0.1, 0.15) is 194 Å². The summed E-state index contributed by atoms with van der Waals surface area (Å²) in [5, 5.41) is 0. The van der Waals surface area contributed by atoms with Gasteiger partial charge in [-0.2, -0.15) is 0 Å². The van der Waals surface area contributed by atoms with Crippen LogP contribution >= 0.6 is 34.2 Å². The topological polar surface area (TPSA) is 64.6 Å². The van der Waals surface area contributed by atoms with Crippen LogP contribution in [0.25, 0.3) is 0 Å². The number of para-hydroxylation sites is 2. The fourth-order valence-corrected chi connectivity index (χ4v) is 13.0. The number of hydrogen-bond donors (Lipinski definition) is 0. The van der Waals surface area contributed by atoms with Gasteiger partial charge in [-0.25, -0.2) is 0 Å². The first-order chi connectivity index (χ1) is 26.3. The Balaban J connectivity index is 0.00000104. The number of hydrogen-bond acceptors (Lipinski definition) is 8. The van der Waals surface area contributed by atoms with Crippen LogP contribution in [0.5, 0.6) is 11.5 Å². The van der Waals surface area contributed by atoms with E-state index >= 15 is 0 Å². The third kappa shape index (κ3) is 38.5.